The van der Waals surface area contributed by atoms with Gasteiger partial charge in [-0.15, -0.1) is 0 Å². The lowest BCUT2D eigenvalue weighted by Gasteiger charge is -2.08. The molecule has 0 saturated heterocycles. The molecule has 0 unspecified atom stereocenters. The van der Waals surface area contributed by atoms with Crippen molar-refractivity contribution < 1.29 is 18.7 Å². The zero-order valence-corrected chi connectivity index (χ0v) is 14.1. The normalized spacial score (nSPS) is 12.1. The van der Waals surface area contributed by atoms with E-state index in [4.69, 9.17) is 21.1 Å². The molecule has 0 fully saturated rings. The Balaban J connectivity index is 1.56. The van der Waals surface area contributed by atoms with Crippen LogP contribution in [0, 0.1) is 5.82 Å². The highest BCUT2D eigenvalue weighted by Crippen LogP contribution is 2.40. The minimum absolute atomic E-state index is 0.0443. The zero-order valence-electron chi connectivity index (χ0n) is 13.3. The molecule has 0 atom stereocenters. The van der Waals surface area contributed by atoms with E-state index in [2.05, 4.69) is 10.3 Å². The van der Waals surface area contributed by atoms with Crippen molar-refractivity contribution >= 4 is 23.3 Å². The number of hydrogen-bond donors (Lipinski definition) is 1. The maximum Gasteiger partial charge on any atom is 0.259 e. The van der Waals surface area contributed by atoms with Crippen molar-refractivity contribution in [3.8, 4) is 22.6 Å². The van der Waals surface area contributed by atoms with E-state index in [1.54, 1.807) is 36.5 Å². The van der Waals surface area contributed by atoms with Gasteiger partial charge >= 0.3 is 0 Å². The van der Waals surface area contributed by atoms with Gasteiger partial charge in [0.15, 0.2) is 11.5 Å². The summed E-state index contributed by atoms with van der Waals surface area (Å²) in [5.74, 6) is 0.360. The van der Waals surface area contributed by atoms with E-state index >= 15 is 0 Å². The number of benzene rings is 2. The van der Waals surface area contributed by atoms with Crippen LogP contribution in [0.3, 0.4) is 0 Å². The number of ether oxygens (including phenoxy) is 2. The Morgan fingerprint density at radius 3 is 2.62 bits per heavy atom. The topological polar surface area (TPSA) is 60.5 Å². The van der Waals surface area contributed by atoms with Crippen molar-refractivity contribution in [3.05, 3.63) is 71.1 Å². The van der Waals surface area contributed by atoms with E-state index in [1.807, 2.05) is 0 Å². The lowest BCUT2D eigenvalue weighted by Crippen LogP contribution is -2.14. The number of rotatable bonds is 3. The van der Waals surface area contributed by atoms with Crippen LogP contribution in [0.2, 0.25) is 5.02 Å². The van der Waals surface area contributed by atoms with Gasteiger partial charge in [0.25, 0.3) is 5.91 Å². The third-order valence-corrected chi connectivity index (χ3v) is 4.21. The molecule has 1 aromatic heterocycles. The fourth-order valence-electron chi connectivity index (χ4n) is 2.59. The number of carbonyl (C=O) groups excluding carboxylic acids is 1. The summed E-state index contributed by atoms with van der Waals surface area (Å²) >= 11 is 6.29. The molecular formula is C19H12ClFN2O3. The van der Waals surface area contributed by atoms with Gasteiger partial charge in [-0.2, -0.15) is 0 Å². The van der Waals surface area contributed by atoms with Crippen molar-refractivity contribution in [2.75, 3.05) is 12.1 Å². The van der Waals surface area contributed by atoms with E-state index < -0.39 is 11.7 Å². The second-order valence-electron chi connectivity index (χ2n) is 5.55. The average Bonchev–Trinajstić information content (AvgIpc) is 3.09. The molecule has 130 valence electrons. The minimum atomic E-state index is -0.589. The van der Waals surface area contributed by atoms with Gasteiger partial charge in [0.05, 0.1) is 10.6 Å². The Hall–Kier alpha value is -3.12. The molecule has 1 aliphatic rings. The molecule has 7 heteroatoms. The number of hydrogen-bond acceptors (Lipinski definition) is 4. The van der Waals surface area contributed by atoms with Crippen LogP contribution < -0.4 is 14.8 Å². The quantitative estimate of drug-likeness (QED) is 0.736. The van der Waals surface area contributed by atoms with Gasteiger partial charge in [-0.1, -0.05) is 23.7 Å². The Bertz CT molecular complexity index is 993. The number of nitrogens with zero attached hydrogens (tertiary/aromatic N) is 1. The van der Waals surface area contributed by atoms with Gasteiger partial charge in [0, 0.05) is 23.4 Å². The molecule has 0 aliphatic carbocycles. The summed E-state index contributed by atoms with van der Waals surface area (Å²) in [6.07, 6.45) is 1.57. The maximum absolute atomic E-state index is 13.7. The van der Waals surface area contributed by atoms with Crippen molar-refractivity contribution in [1.82, 2.24) is 4.98 Å². The number of halogens is 2. The van der Waals surface area contributed by atoms with Gasteiger partial charge in [0.1, 0.15) is 11.6 Å². The highest BCUT2D eigenvalue weighted by atomic mass is 35.5. The summed E-state index contributed by atoms with van der Waals surface area (Å²) in [4.78, 5) is 16.3. The number of fused-ring (bicyclic) bond motifs is 1. The maximum atomic E-state index is 13.7. The van der Waals surface area contributed by atoms with Gasteiger partial charge in [-0.25, -0.2) is 9.37 Å². The van der Waals surface area contributed by atoms with E-state index in [1.165, 1.54) is 18.2 Å². The summed E-state index contributed by atoms with van der Waals surface area (Å²) in [5.41, 5.74) is 1.43. The zero-order chi connectivity index (χ0) is 18.1. The first-order valence-corrected chi connectivity index (χ1v) is 8.11. The summed E-state index contributed by atoms with van der Waals surface area (Å²) in [6, 6.07) is 12.6. The lowest BCUT2D eigenvalue weighted by molar-refractivity contribution is 0.102. The van der Waals surface area contributed by atoms with Crippen LogP contribution in [0.4, 0.5) is 10.2 Å². The summed E-state index contributed by atoms with van der Waals surface area (Å²) in [5, 5.41) is 3.07. The minimum Gasteiger partial charge on any atom is -0.454 e. The molecule has 0 bridgehead atoms. The molecule has 1 N–H and O–H groups in total. The Morgan fingerprint density at radius 2 is 1.88 bits per heavy atom. The molecule has 1 aliphatic heterocycles. The van der Waals surface area contributed by atoms with Crippen molar-refractivity contribution in [2.24, 2.45) is 0 Å². The molecule has 2 heterocycles. The molecule has 5 nitrogen and oxygen atoms in total. The number of aromatic nitrogens is 1. The molecule has 26 heavy (non-hydrogen) atoms. The predicted octanol–water partition coefficient (Wildman–Crippen LogP) is 4.52. The number of pyridine rings is 1. The first-order valence-electron chi connectivity index (χ1n) is 7.73. The molecule has 3 aromatic rings. The number of amides is 1. The van der Waals surface area contributed by atoms with Crippen LogP contribution in [0.25, 0.3) is 11.1 Å². The molecule has 4 rings (SSSR count). The standard InChI is InChI=1S/C19H12ClFN2O3/c20-14-8-17-16(25-10-26-17)7-13(14)11-5-6-18(22-9-11)23-19(24)12-3-1-2-4-15(12)21/h1-9H,10H2,(H,22,23,24). The third-order valence-electron chi connectivity index (χ3n) is 3.90. The Kier molecular flexibility index (Phi) is 4.18. The first-order chi connectivity index (χ1) is 12.6. The third kappa shape index (κ3) is 3.07. The van der Waals surface area contributed by atoms with E-state index in [-0.39, 0.29) is 12.4 Å². The van der Waals surface area contributed by atoms with E-state index in [0.29, 0.717) is 22.3 Å². The predicted molar refractivity (Wildman–Crippen MR) is 95.2 cm³/mol. The monoisotopic (exact) mass is 370 g/mol. The van der Waals surface area contributed by atoms with Crippen LogP contribution in [-0.4, -0.2) is 17.7 Å². The van der Waals surface area contributed by atoms with Crippen molar-refractivity contribution in [1.29, 1.82) is 0 Å². The summed E-state index contributed by atoms with van der Waals surface area (Å²) < 4.78 is 24.3. The highest BCUT2D eigenvalue weighted by molar-refractivity contribution is 6.33. The second kappa shape index (κ2) is 6.65. The second-order valence-corrected chi connectivity index (χ2v) is 5.96. The molecule has 1 amide bonds. The Morgan fingerprint density at radius 1 is 1.12 bits per heavy atom. The van der Waals surface area contributed by atoms with Crippen molar-refractivity contribution in [2.45, 2.75) is 0 Å². The van der Waals surface area contributed by atoms with Crippen molar-refractivity contribution in [3.63, 3.8) is 0 Å². The molecule has 0 radical (unpaired) electrons. The SMILES string of the molecule is O=C(Nc1ccc(-c2cc3c(cc2Cl)OCO3)cn1)c1ccccc1F. The Labute approximate surface area is 153 Å². The highest BCUT2D eigenvalue weighted by Gasteiger charge is 2.18. The fraction of sp³-hybridized carbons (Fsp3) is 0.0526. The molecule has 0 spiro atoms. The smallest absolute Gasteiger partial charge is 0.259 e. The molecule has 0 saturated carbocycles. The van der Waals surface area contributed by atoms with Gasteiger partial charge in [-0.05, 0) is 30.3 Å². The van der Waals surface area contributed by atoms with Gasteiger partial charge < -0.3 is 14.8 Å². The van der Waals surface area contributed by atoms with Gasteiger partial charge in [0.2, 0.25) is 6.79 Å². The fourth-order valence-corrected chi connectivity index (χ4v) is 2.86. The largest absolute Gasteiger partial charge is 0.454 e. The van der Waals surface area contributed by atoms with Crippen LogP contribution in [0.1, 0.15) is 10.4 Å². The van der Waals surface area contributed by atoms with Crippen LogP contribution in [0.5, 0.6) is 11.5 Å². The first kappa shape index (κ1) is 16.4. The van der Waals surface area contributed by atoms with Crippen LogP contribution in [-0.2, 0) is 0 Å². The molecule has 2 aromatic carbocycles. The number of nitrogens with one attached hydrogen (secondary N) is 1. The van der Waals surface area contributed by atoms with Gasteiger partial charge in [-0.3, -0.25) is 4.79 Å². The van der Waals surface area contributed by atoms with E-state index in [0.717, 1.165) is 11.1 Å². The molecular weight excluding hydrogens is 359 g/mol. The lowest BCUT2D eigenvalue weighted by atomic mass is 10.1. The summed E-state index contributed by atoms with van der Waals surface area (Å²) in [7, 11) is 0. The number of anilines is 1. The average molecular weight is 371 g/mol. The van der Waals surface area contributed by atoms with Crippen LogP contribution in [0.15, 0.2) is 54.7 Å². The summed E-state index contributed by atoms with van der Waals surface area (Å²) in [6.45, 7) is 0.161. The van der Waals surface area contributed by atoms with Crippen LogP contribution >= 0.6 is 11.6 Å². The number of carbonyl (C=O) groups is 1. The van der Waals surface area contributed by atoms with E-state index in [9.17, 15) is 9.18 Å².